The van der Waals surface area contributed by atoms with Crippen LogP contribution in [-0.4, -0.2) is 27.9 Å². The van der Waals surface area contributed by atoms with Gasteiger partial charge in [-0.05, 0) is 37.2 Å². The molecule has 0 unspecified atom stereocenters. The quantitative estimate of drug-likeness (QED) is 0.838. The molecule has 0 saturated heterocycles. The average molecular weight is 343 g/mol. The van der Waals surface area contributed by atoms with E-state index in [2.05, 4.69) is 10.0 Å². The molecule has 2 rings (SSSR count). The third-order valence-electron chi connectivity index (χ3n) is 2.98. The van der Waals surface area contributed by atoms with Crippen LogP contribution in [0.25, 0.3) is 0 Å². The van der Waals surface area contributed by atoms with Crippen LogP contribution in [-0.2, 0) is 16.4 Å². The van der Waals surface area contributed by atoms with E-state index in [-0.39, 0.29) is 10.9 Å². The molecular weight excluding hydrogens is 328 g/mol. The first-order chi connectivity index (χ1) is 10.4. The highest BCUT2D eigenvalue weighted by atomic mass is 35.5. The van der Waals surface area contributed by atoms with E-state index in [0.29, 0.717) is 18.0 Å². The Balaban J connectivity index is 1.95. The maximum atomic E-state index is 11.9. The van der Waals surface area contributed by atoms with Crippen LogP contribution in [0.3, 0.4) is 0 Å². The second-order valence-corrected chi connectivity index (χ2v) is 6.65. The molecule has 118 valence electrons. The second kappa shape index (κ2) is 6.95. The summed E-state index contributed by atoms with van der Waals surface area (Å²) in [5.41, 5.74) is 0.919. The molecule has 0 bridgehead atoms. The Hall–Kier alpha value is -1.83. The molecule has 8 heteroatoms. The highest BCUT2D eigenvalue weighted by Gasteiger charge is 2.19. The first kappa shape index (κ1) is 16.5. The maximum Gasteiger partial charge on any atom is 0.287 e. The van der Waals surface area contributed by atoms with E-state index < -0.39 is 15.9 Å². The Labute approximate surface area is 133 Å². The van der Waals surface area contributed by atoms with Crippen molar-refractivity contribution in [3.05, 3.63) is 52.7 Å². The fourth-order valence-electron chi connectivity index (χ4n) is 1.79. The SMILES string of the molecule is CNS(=O)(=O)c1ccc(C(=O)NCCc2ccccc2Cl)o1. The highest BCUT2D eigenvalue weighted by Crippen LogP contribution is 2.15. The molecule has 0 aliphatic carbocycles. The summed E-state index contributed by atoms with van der Waals surface area (Å²) in [7, 11) is -2.43. The monoisotopic (exact) mass is 342 g/mol. The molecule has 1 aromatic heterocycles. The van der Waals surface area contributed by atoms with Gasteiger partial charge < -0.3 is 9.73 Å². The van der Waals surface area contributed by atoms with Crippen molar-refractivity contribution in [3.8, 4) is 0 Å². The third-order valence-corrected chi connectivity index (χ3v) is 4.63. The van der Waals surface area contributed by atoms with Crippen LogP contribution < -0.4 is 10.0 Å². The number of nitrogens with one attached hydrogen (secondary N) is 2. The van der Waals surface area contributed by atoms with Crippen LogP contribution >= 0.6 is 11.6 Å². The van der Waals surface area contributed by atoms with Gasteiger partial charge in [-0.25, -0.2) is 13.1 Å². The first-order valence-electron chi connectivity index (χ1n) is 6.49. The summed E-state index contributed by atoms with van der Waals surface area (Å²) in [6.45, 7) is 0.359. The van der Waals surface area contributed by atoms with Crippen molar-refractivity contribution in [2.75, 3.05) is 13.6 Å². The lowest BCUT2D eigenvalue weighted by molar-refractivity contribution is 0.0921. The Morgan fingerprint density at radius 2 is 1.95 bits per heavy atom. The van der Waals surface area contributed by atoms with Gasteiger partial charge in [0.05, 0.1) is 0 Å². The van der Waals surface area contributed by atoms with Gasteiger partial charge in [0.2, 0.25) is 5.09 Å². The minimum atomic E-state index is -3.69. The van der Waals surface area contributed by atoms with Crippen LogP contribution in [0, 0.1) is 0 Å². The van der Waals surface area contributed by atoms with Crippen molar-refractivity contribution in [2.45, 2.75) is 11.5 Å². The molecule has 1 amide bonds. The molecule has 0 aliphatic heterocycles. The lowest BCUT2D eigenvalue weighted by Crippen LogP contribution is -2.25. The lowest BCUT2D eigenvalue weighted by atomic mass is 10.1. The fraction of sp³-hybridized carbons (Fsp3) is 0.214. The van der Waals surface area contributed by atoms with Crippen molar-refractivity contribution in [3.63, 3.8) is 0 Å². The number of hydrogen-bond donors (Lipinski definition) is 2. The van der Waals surface area contributed by atoms with Gasteiger partial charge in [-0.2, -0.15) is 0 Å². The molecular formula is C14H15ClN2O4S. The van der Waals surface area contributed by atoms with Gasteiger partial charge in [-0.15, -0.1) is 0 Å². The summed E-state index contributed by atoms with van der Waals surface area (Å²) in [6.07, 6.45) is 0.563. The molecule has 0 fully saturated rings. The number of carbonyl (C=O) groups excluding carboxylic acids is 1. The van der Waals surface area contributed by atoms with Crippen molar-refractivity contribution in [1.82, 2.24) is 10.0 Å². The van der Waals surface area contributed by atoms with Crippen molar-refractivity contribution < 1.29 is 17.6 Å². The largest absolute Gasteiger partial charge is 0.438 e. The molecule has 1 heterocycles. The summed E-state index contributed by atoms with van der Waals surface area (Å²) >= 11 is 6.02. The van der Waals surface area contributed by atoms with Crippen LogP contribution in [0.4, 0.5) is 0 Å². The molecule has 2 N–H and O–H groups in total. The zero-order valence-corrected chi connectivity index (χ0v) is 13.4. The molecule has 0 radical (unpaired) electrons. The van der Waals surface area contributed by atoms with Crippen molar-refractivity contribution in [2.24, 2.45) is 0 Å². The Bertz CT molecular complexity index is 771. The number of halogens is 1. The van der Waals surface area contributed by atoms with E-state index in [4.69, 9.17) is 16.0 Å². The molecule has 0 atom stereocenters. The van der Waals surface area contributed by atoms with E-state index in [1.54, 1.807) is 6.07 Å². The van der Waals surface area contributed by atoms with Gasteiger partial charge in [-0.3, -0.25) is 4.79 Å². The molecule has 0 saturated carbocycles. The van der Waals surface area contributed by atoms with Gasteiger partial charge in [-0.1, -0.05) is 29.8 Å². The van der Waals surface area contributed by atoms with Crippen molar-refractivity contribution >= 4 is 27.5 Å². The third kappa shape index (κ3) is 3.88. The van der Waals surface area contributed by atoms with E-state index in [0.717, 1.165) is 5.56 Å². The molecule has 22 heavy (non-hydrogen) atoms. The number of sulfonamides is 1. The summed E-state index contributed by atoms with van der Waals surface area (Å²) in [6, 6.07) is 9.89. The zero-order valence-electron chi connectivity index (χ0n) is 11.8. The topological polar surface area (TPSA) is 88.4 Å². The summed E-state index contributed by atoms with van der Waals surface area (Å²) in [5, 5.41) is 2.99. The van der Waals surface area contributed by atoms with E-state index in [1.807, 2.05) is 18.2 Å². The minimum Gasteiger partial charge on any atom is -0.438 e. The first-order valence-corrected chi connectivity index (χ1v) is 8.35. The summed E-state index contributed by atoms with van der Waals surface area (Å²) in [4.78, 5) is 11.9. The Morgan fingerprint density at radius 1 is 1.23 bits per heavy atom. The molecule has 0 spiro atoms. The predicted octanol–water partition coefficient (Wildman–Crippen LogP) is 1.81. The van der Waals surface area contributed by atoms with Gasteiger partial charge in [0, 0.05) is 11.6 Å². The number of benzene rings is 1. The van der Waals surface area contributed by atoms with E-state index in [1.165, 1.54) is 19.2 Å². The number of carbonyl (C=O) groups is 1. The molecule has 1 aromatic carbocycles. The predicted molar refractivity (Wildman–Crippen MR) is 82.4 cm³/mol. The van der Waals surface area contributed by atoms with Gasteiger partial charge in [0.1, 0.15) is 0 Å². The molecule has 6 nitrogen and oxygen atoms in total. The number of furan rings is 1. The zero-order chi connectivity index (χ0) is 16.2. The number of rotatable bonds is 6. The maximum absolute atomic E-state index is 11.9. The van der Waals surface area contributed by atoms with E-state index >= 15 is 0 Å². The Kier molecular flexibility index (Phi) is 5.23. The van der Waals surface area contributed by atoms with E-state index in [9.17, 15) is 13.2 Å². The summed E-state index contributed by atoms with van der Waals surface area (Å²) < 4.78 is 30.2. The lowest BCUT2D eigenvalue weighted by Gasteiger charge is -2.05. The van der Waals surface area contributed by atoms with Crippen LogP contribution in [0.2, 0.25) is 5.02 Å². The normalized spacial score (nSPS) is 11.4. The number of amides is 1. The highest BCUT2D eigenvalue weighted by molar-refractivity contribution is 7.89. The Morgan fingerprint density at radius 3 is 2.64 bits per heavy atom. The minimum absolute atomic E-state index is 0.0621. The summed E-state index contributed by atoms with van der Waals surface area (Å²) in [5.74, 6) is -0.544. The average Bonchev–Trinajstić information content (AvgIpc) is 3.00. The smallest absolute Gasteiger partial charge is 0.287 e. The number of hydrogen-bond acceptors (Lipinski definition) is 4. The molecule has 0 aliphatic rings. The fourth-order valence-corrected chi connectivity index (χ4v) is 2.66. The van der Waals surface area contributed by atoms with Crippen LogP contribution in [0.1, 0.15) is 16.1 Å². The van der Waals surface area contributed by atoms with Crippen LogP contribution in [0.5, 0.6) is 0 Å². The van der Waals surface area contributed by atoms with Gasteiger partial charge in [0.25, 0.3) is 15.9 Å². The van der Waals surface area contributed by atoms with Crippen molar-refractivity contribution in [1.29, 1.82) is 0 Å². The van der Waals surface area contributed by atoms with Crippen LogP contribution in [0.15, 0.2) is 45.9 Å². The standard InChI is InChI=1S/C14H15ClN2O4S/c1-16-22(19,20)13-7-6-12(21-13)14(18)17-9-8-10-4-2-3-5-11(10)15/h2-7,16H,8-9H2,1H3,(H,17,18). The van der Waals surface area contributed by atoms with Gasteiger partial charge in [0.15, 0.2) is 5.76 Å². The second-order valence-electron chi connectivity index (χ2n) is 4.42. The van der Waals surface area contributed by atoms with Gasteiger partial charge >= 0.3 is 0 Å². The molecule has 2 aromatic rings.